The zero-order valence-corrected chi connectivity index (χ0v) is 15.3. The van der Waals surface area contributed by atoms with Crippen molar-refractivity contribution in [3.05, 3.63) is 78.5 Å². The van der Waals surface area contributed by atoms with Crippen molar-refractivity contribution in [3.63, 3.8) is 0 Å². The minimum absolute atomic E-state index is 0.935. The molecule has 0 spiro atoms. The molecular weight excluding hydrogens is 330 g/mol. The lowest BCUT2D eigenvalue weighted by molar-refractivity contribution is -0.659. The molecule has 0 saturated carbocycles. The van der Waals surface area contributed by atoms with Crippen molar-refractivity contribution >= 4 is 32.3 Å². The summed E-state index contributed by atoms with van der Waals surface area (Å²) in [5.41, 5.74) is 3.70. The van der Waals surface area contributed by atoms with Gasteiger partial charge in [0.25, 0.3) is 0 Å². The van der Waals surface area contributed by atoms with Gasteiger partial charge in [0.1, 0.15) is 18.5 Å². The van der Waals surface area contributed by atoms with E-state index in [0.717, 1.165) is 11.5 Å². The standard InChI is InChI=1S/C25H18NO/c1-15-18-11-10-16-6-3-4-8-19(16)20(18)14-22-23(15)25-24-17(12-13-26(25)2)7-5-9-21(24)27-22/h3-14H,1-2H3/q+1. The highest BCUT2D eigenvalue weighted by atomic mass is 16.5. The summed E-state index contributed by atoms with van der Waals surface area (Å²) < 4.78 is 8.64. The van der Waals surface area contributed by atoms with Gasteiger partial charge in [-0.05, 0) is 51.6 Å². The van der Waals surface area contributed by atoms with Crippen molar-refractivity contribution in [2.24, 2.45) is 7.05 Å². The lowest BCUT2D eigenvalue weighted by Gasteiger charge is -2.22. The first kappa shape index (κ1) is 14.7. The normalized spacial score (nSPS) is 12.4. The van der Waals surface area contributed by atoms with Crippen LogP contribution in [0.5, 0.6) is 11.5 Å². The Labute approximate surface area is 157 Å². The van der Waals surface area contributed by atoms with Gasteiger partial charge in [0.2, 0.25) is 5.69 Å². The van der Waals surface area contributed by atoms with Gasteiger partial charge in [-0.15, -0.1) is 0 Å². The predicted molar refractivity (Wildman–Crippen MR) is 110 cm³/mol. The Morgan fingerprint density at radius 3 is 2.52 bits per heavy atom. The second-order valence-electron chi connectivity index (χ2n) is 7.35. The summed E-state index contributed by atoms with van der Waals surface area (Å²) in [5.74, 6) is 1.88. The van der Waals surface area contributed by atoms with Crippen LogP contribution in [-0.4, -0.2) is 0 Å². The van der Waals surface area contributed by atoms with Crippen LogP contribution in [0.15, 0.2) is 72.9 Å². The SMILES string of the molecule is Cc1c2c(cc3c1ccc1ccccc13)Oc1cccc3cc[n+](C)c-2c13. The smallest absolute Gasteiger partial charge is 0.228 e. The molecule has 4 aromatic carbocycles. The fourth-order valence-corrected chi connectivity index (χ4v) is 4.56. The molecule has 128 valence electrons. The number of fused-ring (bicyclic) bond motifs is 5. The molecule has 27 heavy (non-hydrogen) atoms. The molecule has 0 unspecified atom stereocenters. The second-order valence-corrected chi connectivity index (χ2v) is 7.35. The Kier molecular flexibility index (Phi) is 2.77. The topological polar surface area (TPSA) is 13.1 Å². The Hall–Kier alpha value is -3.39. The molecule has 1 aromatic heterocycles. The summed E-state index contributed by atoms with van der Waals surface area (Å²) in [5, 5.41) is 7.47. The number of aryl methyl sites for hydroxylation is 2. The first-order valence-corrected chi connectivity index (χ1v) is 9.27. The van der Waals surface area contributed by atoms with Crippen molar-refractivity contribution in [2.45, 2.75) is 6.92 Å². The number of nitrogens with zero attached hydrogens (tertiary/aromatic N) is 1. The third-order valence-corrected chi connectivity index (χ3v) is 5.85. The van der Waals surface area contributed by atoms with Crippen LogP contribution in [0.25, 0.3) is 43.6 Å². The van der Waals surface area contributed by atoms with Crippen molar-refractivity contribution in [1.29, 1.82) is 0 Å². The molecular formula is C25H18NO+. The average molecular weight is 348 g/mol. The fraction of sp³-hybridized carbons (Fsp3) is 0.0800. The number of ether oxygens (including phenoxy) is 1. The van der Waals surface area contributed by atoms with Crippen LogP contribution in [0.3, 0.4) is 0 Å². The molecule has 2 nitrogen and oxygen atoms in total. The third kappa shape index (κ3) is 1.87. The minimum Gasteiger partial charge on any atom is -0.456 e. The number of hydrogen-bond donors (Lipinski definition) is 0. The molecule has 0 N–H and O–H groups in total. The van der Waals surface area contributed by atoms with E-state index in [0.29, 0.717) is 0 Å². The van der Waals surface area contributed by atoms with E-state index < -0.39 is 0 Å². The zero-order valence-electron chi connectivity index (χ0n) is 15.3. The average Bonchev–Trinajstić information content (AvgIpc) is 2.70. The van der Waals surface area contributed by atoms with Crippen LogP contribution < -0.4 is 9.30 Å². The summed E-state index contributed by atoms with van der Waals surface area (Å²) in [4.78, 5) is 0. The van der Waals surface area contributed by atoms with E-state index in [1.165, 1.54) is 49.1 Å². The molecule has 0 saturated heterocycles. The van der Waals surface area contributed by atoms with E-state index >= 15 is 0 Å². The lowest BCUT2D eigenvalue weighted by atomic mass is 9.90. The first-order valence-electron chi connectivity index (χ1n) is 9.27. The molecule has 0 radical (unpaired) electrons. The Balaban J connectivity index is 1.82. The van der Waals surface area contributed by atoms with Crippen LogP contribution >= 0.6 is 0 Å². The molecule has 2 heteroatoms. The van der Waals surface area contributed by atoms with Crippen molar-refractivity contribution < 1.29 is 9.30 Å². The van der Waals surface area contributed by atoms with E-state index in [1.54, 1.807) is 0 Å². The van der Waals surface area contributed by atoms with Crippen molar-refractivity contribution in [1.82, 2.24) is 0 Å². The predicted octanol–water partition coefficient (Wildman–Crippen LogP) is 6.05. The molecule has 0 fully saturated rings. The molecule has 5 aromatic rings. The maximum atomic E-state index is 6.43. The van der Waals surface area contributed by atoms with E-state index in [1.807, 2.05) is 0 Å². The quantitative estimate of drug-likeness (QED) is 0.240. The highest BCUT2D eigenvalue weighted by molar-refractivity contribution is 6.12. The summed E-state index contributed by atoms with van der Waals surface area (Å²) in [7, 11) is 2.12. The molecule has 2 heterocycles. The van der Waals surface area contributed by atoms with Crippen molar-refractivity contribution in [2.75, 3.05) is 0 Å². The van der Waals surface area contributed by atoms with Gasteiger partial charge in [-0.1, -0.05) is 48.5 Å². The number of benzene rings is 4. The van der Waals surface area contributed by atoms with Crippen LogP contribution in [0, 0.1) is 6.92 Å². The number of rotatable bonds is 0. The second kappa shape index (κ2) is 5.08. The number of pyridine rings is 1. The monoisotopic (exact) mass is 348 g/mol. The van der Waals surface area contributed by atoms with Crippen LogP contribution in [0.2, 0.25) is 0 Å². The van der Waals surface area contributed by atoms with E-state index in [2.05, 4.69) is 91.5 Å². The summed E-state index contributed by atoms with van der Waals surface area (Å²) in [6, 6.07) is 23.7. The van der Waals surface area contributed by atoms with Gasteiger partial charge >= 0.3 is 0 Å². The Morgan fingerprint density at radius 2 is 1.59 bits per heavy atom. The first-order chi connectivity index (χ1) is 13.2. The molecule has 1 aliphatic heterocycles. The fourth-order valence-electron chi connectivity index (χ4n) is 4.56. The van der Waals surface area contributed by atoms with Gasteiger partial charge in [0.05, 0.1) is 10.9 Å². The van der Waals surface area contributed by atoms with E-state index in [4.69, 9.17) is 4.74 Å². The van der Waals surface area contributed by atoms with Crippen molar-refractivity contribution in [3.8, 4) is 22.8 Å². The minimum atomic E-state index is 0.935. The third-order valence-electron chi connectivity index (χ3n) is 5.85. The van der Waals surface area contributed by atoms with Gasteiger partial charge in [-0.3, -0.25) is 0 Å². The summed E-state index contributed by atoms with van der Waals surface area (Å²) in [6.07, 6.45) is 2.14. The van der Waals surface area contributed by atoms with Gasteiger partial charge < -0.3 is 4.74 Å². The van der Waals surface area contributed by atoms with E-state index in [-0.39, 0.29) is 0 Å². The van der Waals surface area contributed by atoms with Crippen LogP contribution in [0.1, 0.15) is 5.56 Å². The molecule has 0 aliphatic carbocycles. The highest BCUT2D eigenvalue weighted by Crippen LogP contribution is 2.48. The van der Waals surface area contributed by atoms with Crippen LogP contribution in [-0.2, 0) is 7.05 Å². The maximum Gasteiger partial charge on any atom is 0.228 e. The maximum absolute atomic E-state index is 6.43. The molecule has 0 atom stereocenters. The van der Waals surface area contributed by atoms with Gasteiger partial charge in [0, 0.05) is 6.07 Å². The Morgan fingerprint density at radius 1 is 0.741 bits per heavy atom. The van der Waals surface area contributed by atoms with Gasteiger partial charge in [0.15, 0.2) is 6.20 Å². The van der Waals surface area contributed by atoms with E-state index in [9.17, 15) is 0 Å². The molecule has 6 rings (SSSR count). The summed E-state index contributed by atoms with van der Waals surface area (Å²) in [6.45, 7) is 2.21. The highest BCUT2D eigenvalue weighted by Gasteiger charge is 2.30. The molecule has 0 amide bonds. The number of hydrogen-bond acceptors (Lipinski definition) is 1. The molecule has 0 bridgehead atoms. The summed E-state index contributed by atoms with van der Waals surface area (Å²) >= 11 is 0. The zero-order chi connectivity index (χ0) is 18.1. The van der Waals surface area contributed by atoms with Crippen LogP contribution in [0.4, 0.5) is 0 Å². The van der Waals surface area contributed by atoms with Gasteiger partial charge in [-0.2, -0.15) is 0 Å². The van der Waals surface area contributed by atoms with Gasteiger partial charge in [-0.25, -0.2) is 4.57 Å². The Bertz CT molecular complexity index is 1420. The molecule has 1 aliphatic rings. The lowest BCUT2D eigenvalue weighted by Crippen LogP contribution is -2.31. The number of aromatic nitrogens is 1. The largest absolute Gasteiger partial charge is 0.456 e.